The molecule has 3 aromatic carbocycles. The molecule has 0 atom stereocenters. The van der Waals surface area contributed by atoms with Crippen LogP contribution in [-0.2, 0) is 0 Å². The lowest BCUT2D eigenvalue weighted by Gasteiger charge is -2.38. The average Bonchev–Trinajstić information content (AvgIpc) is 3.00. The van der Waals surface area contributed by atoms with Crippen molar-refractivity contribution in [2.75, 3.05) is 79.9 Å². The van der Waals surface area contributed by atoms with E-state index in [9.17, 15) is 9.59 Å². The average molecular weight is 624 g/mol. The Bertz CT molecular complexity index is 1320. The normalized spacial score (nSPS) is 13.2. The first-order chi connectivity index (χ1) is 19.9. The van der Waals surface area contributed by atoms with E-state index >= 15 is 0 Å². The van der Waals surface area contributed by atoms with Crippen LogP contribution in [0.2, 0.25) is 0 Å². The Labute approximate surface area is 251 Å². The summed E-state index contributed by atoms with van der Waals surface area (Å²) >= 11 is 3.45. The molecule has 1 fully saturated rings. The number of rotatable bonds is 11. The zero-order chi connectivity index (χ0) is 29.2. The quantitative estimate of drug-likeness (QED) is 0.262. The van der Waals surface area contributed by atoms with Gasteiger partial charge in [-0.15, -0.1) is 0 Å². The molecule has 0 saturated carbocycles. The summed E-state index contributed by atoms with van der Waals surface area (Å²) in [5.41, 5.74) is 3.65. The molecule has 0 aliphatic carbocycles. The zero-order valence-corrected chi connectivity index (χ0v) is 25.5. The van der Waals surface area contributed by atoms with Gasteiger partial charge in [-0.2, -0.15) is 0 Å². The third kappa shape index (κ3) is 7.92. The van der Waals surface area contributed by atoms with Gasteiger partial charge in [0, 0.05) is 55.1 Å². The zero-order valence-electron chi connectivity index (χ0n) is 24.0. The highest BCUT2D eigenvalue weighted by Crippen LogP contribution is 2.31. The van der Waals surface area contributed by atoms with Crippen molar-refractivity contribution >= 4 is 50.6 Å². The van der Waals surface area contributed by atoms with E-state index in [-0.39, 0.29) is 11.9 Å². The maximum Gasteiger partial charge on any atom is 0.323 e. The van der Waals surface area contributed by atoms with Crippen molar-refractivity contribution in [1.29, 1.82) is 0 Å². The molecule has 0 bridgehead atoms. The smallest absolute Gasteiger partial charge is 0.323 e. The summed E-state index contributed by atoms with van der Waals surface area (Å²) in [4.78, 5) is 33.1. The number of carbonyl (C=O) groups excluding carboxylic acids is 2. The van der Waals surface area contributed by atoms with Crippen molar-refractivity contribution in [3.8, 4) is 5.75 Å². The number of benzene rings is 3. The van der Waals surface area contributed by atoms with Crippen LogP contribution in [0.25, 0.3) is 0 Å². The van der Waals surface area contributed by atoms with E-state index in [4.69, 9.17) is 4.74 Å². The highest BCUT2D eigenvalue weighted by molar-refractivity contribution is 9.10. The van der Waals surface area contributed by atoms with Gasteiger partial charge in [-0.3, -0.25) is 4.79 Å². The number of hydrogen-bond acceptors (Lipinski definition) is 6. The first kappa shape index (κ1) is 30.2. The number of nitrogens with zero attached hydrogens (tertiary/aromatic N) is 3. The van der Waals surface area contributed by atoms with Crippen LogP contribution in [-0.4, -0.2) is 76.3 Å². The fourth-order valence-corrected chi connectivity index (χ4v) is 5.34. The molecule has 3 aromatic rings. The molecule has 0 unspecified atom stereocenters. The number of amides is 3. The molecule has 1 aliphatic heterocycles. The molecule has 1 heterocycles. The van der Waals surface area contributed by atoms with Crippen LogP contribution in [0.15, 0.2) is 71.2 Å². The van der Waals surface area contributed by atoms with Gasteiger partial charge >= 0.3 is 6.03 Å². The van der Waals surface area contributed by atoms with E-state index < -0.39 is 0 Å². The van der Waals surface area contributed by atoms with Crippen molar-refractivity contribution in [3.05, 3.63) is 76.8 Å². The van der Waals surface area contributed by atoms with Crippen LogP contribution in [0, 0.1) is 0 Å². The highest BCUT2D eigenvalue weighted by atomic mass is 79.9. The second kappa shape index (κ2) is 14.7. The Morgan fingerprint density at radius 1 is 0.878 bits per heavy atom. The summed E-state index contributed by atoms with van der Waals surface area (Å²) in [6.45, 7) is 10.5. The highest BCUT2D eigenvalue weighted by Gasteiger charge is 2.24. The molecule has 0 radical (unpaired) electrons. The van der Waals surface area contributed by atoms with Gasteiger partial charge in [0.15, 0.2) is 0 Å². The fourth-order valence-electron chi connectivity index (χ4n) is 4.96. The minimum Gasteiger partial charge on any atom is -0.495 e. The lowest BCUT2D eigenvalue weighted by atomic mass is 10.1. The molecule has 9 nitrogen and oxygen atoms in total. The number of hydrogen-bond donors (Lipinski definition) is 3. The van der Waals surface area contributed by atoms with Gasteiger partial charge in [0.2, 0.25) is 0 Å². The number of carbonyl (C=O) groups is 2. The topological polar surface area (TPSA) is 89.2 Å². The fraction of sp³-hybridized carbons (Fsp3) is 0.355. The largest absolute Gasteiger partial charge is 0.495 e. The molecule has 0 aromatic heterocycles. The van der Waals surface area contributed by atoms with Crippen LogP contribution >= 0.6 is 15.9 Å². The molecule has 1 aliphatic rings. The molecule has 1 saturated heterocycles. The molecule has 41 heavy (non-hydrogen) atoms. The van der Waals surface area contributed by atoms with E-state index in [0.29, 0.717) is 23.5 Å². The lowest BCUT2D eigenvalue weighted by molar-refractivity contribution is 0.0949. The molecule has 3 amide bonds. The van der Waals surface area contributed by atoms with Gasteiger partial charge in [-0.1, -0.05) is 38.1 Å². The summed E-state index contributed by atoms with van der Waals surface area (Å²) in [5, 5.41) is 8.81. The third-order valence-corrected chi connectivity index (χ3v) is 7.97. The van der Waals surface area contributed by atoms with Crippen LogP contribution in [0.4, 0.5) is 27.5 Å². The van der Waals surface area contributed by atoms with E-state index in [1.807, 2.05) is 54.6 Å². The Hall–Kier alpha value is -3.76. The number of ether oxygens (including phenoxy) is 1. The second-order valence-corrected chi connectivity index (χ2v) is 10.6. The maximum absolute atomic E-state index is 13.5. The first-order valence-corrected chi connectivity index (χ1v) is 14.8. The van der Waals surface area contributed by atoms with Gasteiger partial charge in [0.05, 0.1) is 24.0 Å². The van der Waals surface area contributed by atoms with E-state index in [2.05, 4.69) is 66.5 Å². The molecule has 3 N–H and O–H groups in total. The van der Waals surface area contributed by atoms with Gasteiger partial charge < -0.3 is 35.4 Å². The number of methoxy groups -OCH3 is 1. The summed E-state index contributed by atoms with van der Waals surface area (Å²) < 4.78 is 6.35. The second-order valence-electron chi connectivity index (χ2n) is 9.72. The lowest BCUT2D eigenvalue weighted by Crippen LogP contribution is -2.47. The molecule has 218 valence electrons. The number of halogens is 1. The van der Waals surface area contributed by atoms with E-state index in [0.717, 1.165) is 67.4 Å². The van der Waals surface area contributed by atoms with Gasteiger partial charge in [-0.05, 0) is 71.5 Å². The SMILES string of the molecule is CCN(CC)CCNC(=O)c1cc(NC(=O)Nc2ccccc2Br)ccc1N1CCN(c2ccccc2OC)CC1. The maximum atomic E-state index is 13.5. The molecular formula is C31H39BrN6O3. The number of likely N-dealkylation sites (N-methyl/N-ethyl adjacent to an activating group) is 1. The third-order valence-electron chi connectivity index (χ3n) is 7.28. The standard InChI is InChI=1S/C31H39BrN6O3/c1-4-36(5-2)17-16-33-30(39)24-22-23(34-31(40)35-26-11-7-6-10-25(26)32)14-15-27(24)37-18-20-38(21-19-37)28-12-8-9-13-29(28)41-3/h6-15,22H,4-5,16-21H2,1-3H3,(H,33,39)(H2,34,35,40). The minimum absolute atomic E-state index is 0.158. The number of para-hydroxylation sites is 3. The predicted molar refractivity (Wildman–Crippen MR) is 171 cm³/mol. The number of anilines is 4. The van der Waals surface area contributed by atoms with Crippen molar-refractivity contribution < 1.29 is 14.3 Å². The van der Waals surface area contributed by atoms with Crippen LogP contribution in [0.3, 0.4) is 0 Å². The minimum atomic E-state index is -0.386. The Kier molecular flexibility index (Phi) is 10.9. The Morgan fingerprint density at radius 2 is 1.54 bits per heavy atom. The number of nitrogens with one attached hydrogen (secondary N) is 3. The van der Waals surface area contributed by atoms with Crippen molar-refractivity contribution in [2.24, 2.45) is 0 Å². The van der Waals surface area contributed by atoms with E-state index in [1.54, 1.807) is 13.2 Å². The number of piperazine rings is 1. The monoisotopic (exact) mass is 622 g/mol. The summed E-state index contributed by atoms with van der Waals surface area (Å²) in [7, 11) is 1.69. The Morgan fingerprint density at radius 3 is 2.22 bits per heavy atom. The summed E-state index contributed by atoms with van der Waals surface area (Å²) in [5.74, 6) is 0.694. The molecular weight excluding hydrogens is 584 g/mol. The van der Waals surface area contributed by atoms with Gasteiger partial charge in [0.25, 0.3) is 5.91 Å². The van der Waals surface area contributed by atoms with Crippen LogP contribution in [0.1, 0.15) is 24.2 Å². The molecule has 4 rings (SSSR count). The predicted octanol–water partition coefficient (Wildman–Crippen LogP) is 5.50. The van der Waals surface area contributed by atoms with Gasteiger partial charge in [-0.25, -0.2) is 4.79 Å². The number of urea groups is 1. The van der Waals surface area contributed by atoms with Crippen molar-refractivity contribution in [1.82, 2.24) is 10.2 Å². The first-order valence-electron chi connectivity index (χ1n) is 14.0. The van der Waals surface area contributed by atoms with E-state index in [1.165, 1.54) is 0 Å². The molecule has 0 spiro atoms. The van der Waals surface area contributed by atoms with Crippen molar-refractivity contribution in [2.45, 2.75) is 13.8 Å². The summed E-state index contributed by atoms with van der Waals surface area (Å²) in [6.07, 6.45) is 0. The summed E-state index contributed by atoms with van der Waals surface area (Å²) in [6, 6.07) is 20.6. The van der Waals surface area contributed by atoms with Crippen molar-refractivity contribution in [3.63, 3.8) is 0 Å². The Balaban J connectivity index is 1.50. The van der Waals surface area contributed by atoms with Crippen LogP contribution in [0.5, 0.6) is 5.75 Å². The molecule has 10 heteroatoms. The van der Waals surface area contributed by atoms with Crippen LogP contribution < -0.4 is 30.5 Å². The van der Waals surface area contributed by atoms with Gasteiger partial charge in [0.1, 0.15) is 5.75 Å².